The van der Waals surface area contributed by atoms with Gasteiger partial charge in [0, 0.05) is 18.7 Å². The van der Waals surface area contributed by atoms with Crippen LogP contribution in [-0.4, -0.2) is 22.1 Å². The van der Waals surface area contributed by atoms with Gasteiger partial charge in [0.1, 0.15) is 11.4 Å². The molecule has 1 atom stereocenters. The van der Waals surface area contributed by atoms with Crippen molar-refractivity contribution in [2.75, 3.05) is 5.32 Å². The molecule has 0 aromatic carbocycles. The predicted octanol–water partition coefficient (Wildman–Crippen LogP) is 2.88. The van der Waals surface area contributed by atoms with E-state index < -0.39 is 5.97 Å². The predicted molar refractivity (Wildman–Crippen MR) is 68.6 cm³/mol. The van der Waals surface area contributed by atoms with Gasteiger partial charge in [-0.3, -0.25) is 4.79 Å². The summed E-state index contributed by atoms with van der Waals surface area (Å²) in [5, 5.41) is 12.8. The zero-order valence-electron chi connectivity index (χ0n) is 10.2. The first-order valence-electron chi connectivity index (χ1n) is 5.97. The molecule has 2 N–H and O–H groups in total. The average Bonchev–Trinajstić information content (AvgIpc) is 2.77. The summed E-state index contributed by atoms with van der Waals surface area (Å²) in [4.78, 5) is 14.7. The summed E-state index contributed by atoms with van der Waals surface area (Å²) in [5.41, 5.74) is 0.797. The molecule has 2 aromatic heterocycles. The van der Waals surface area contributed by atoms with E-state index in [1.807, 2.05) is 19.1 Å². The second-order valence-corrected chi connectivity index (χ2v) is 4.32. The largest absolute Gasteiger partial charge is 0.481 e. The number of nitrogens with one attached hydrogen (secondary N) is 1. The molecule has 0 spiro atoms. The van der Waals surface area contributed by atoms with Crippen LogP contribution in [0.1, 0.15) is 26.2 Å². The van der Waals surface area contributed by atoms with Crippen LogP contribution in [0.2, 0.25) is 0 Å². The number of carboxylic acids is 1. The van der Waals surface area contributed by atoms with Crippen molar-refractivity contribution >= 4 is 22.8 Å². The van der Waals surface area contributed by atoms with E-state index in [0.29, 0.717) is 6.42 Å². The summed E-state index contributed by atoms with van der Waals surface area (Å²) in [7, 11) is 0. The third kappa shape index (κ3) is 3.00. The molecule has 0 aliphatic rings. The van der Waals surface area contributed by atoms with Gasteiger partial charge >= 0.3 is 5.97 Å². The zero-order valence-corrected chi connectivity index (χ0v) is 10.2. The van der Waals surface area contributed by atoms with Gasteiger partial charge in [0.25, 0.3) is 0 Å². The van der Waals surface area contributed by atoms with E-state index in [0.717, 1.165) is 23.2 Å². The van der Waals surface area contributed by atoms with Crippen LogP contribution >= 0.6 is 0 Å². The Morgan fingerprint density at radius 1 is 1.56 bits per heavy atom. The number of carboxylic acid groups (broad SMARTS) is 1. The Hall–Kier alpha value is -2.04. The summed E-state index contributed by atoms with van der Waals surface area (Å²) in [5.74, 6) is 0.0290. The summed E-state index contributed by atoms with van der Waals surface area (Å²) in [6, 6.07) is 3.86. The van der Waals surface area contributed by atoms with Crippen molar-refractivity contribution in [1.29, 1.82) is 0 Å². The van der Waals surface area contributed by atoms with E-state index >= 15 is 0 Å². The van der Waals surface area contributed by atoms with Gasteiger partial charge in [-0.2, -0.15) is 0 Å². The number of aliphatic carboxylic acids is 1. The molecule has 2 rings (SSSR count). The van der Waals surface area contributed by atoms with Crippen LogP contribution in [0.4, 0.5) is 5.82 Å². The lowest BCUT2D eigenvalue weighted by Crippen LogP contribution is -2.16. The van der Waals surface area contributed by atoms with Gasteiger partial charge in [0.15, 0.2) is 0 Å². The number of fused-ring (bicyclic) bond motifs is 1. The van der Waals surface area contributed by atoms with E-state index in [2.05, 4.69) is 10.3 Å². The van der Waals surface area contributed by atoms with E-state index in [1.165, 1.54) is 0 Å². The minimum atomic E-state index is -0.753. The molecule has 2 heterocycles. The fraction of sp³-hybridized carbons (Fsp3) is 0.385. The molecular weight excluding hydrogens is 232 g/mol. The summed E-state index contributed by atoms with van der Waals surface area (Å²) in [6.45, 7) is 2.02. The number of nitrogens with zero attached hydrogens (tertiary/aromatic N) is 1. The Morgan fingerprint density at radius 3 is 3.17 bits per heavy atom. The Kier molecular flexibility index (Phi) is 3.82. The van der Waals surface area contributed by atoms with Gasteiger partial charge < -0.3 is 14.8 Å². The molecule has 0 bridgehead atoms. The molecule has 0 saturated heterocycles. The van der Waals surface area contributed by atoms with Crippen molar-refractivity contribution in [3.63, 3.8) is 0 Å². The number of anilines is 1. The summed E-state index contributed by atoms with van der Waals surface area (Å²) < 4.78 is 5.30. The number of carbonyl (C=O) groups is 1. The molecule has 0 saturated carbocycles. The van der Waals surface area contributed by atoms with Gasteiger partial charge in [0.2, 0.25) is 0 Å². The maximum absolute atomic E-state index is 10.4. The normalized spacial score (nSPS) is 12.5. The lowest BCUT2D eigenvalue weighted by molar-refractivity contribution is -0.137. The smallest absolute Gasteiger partial charge is 0.303 e. The van der Waals surface area contributed by atoms with Gasteiger partial charge in [-0.15, -0.1) is 0 Å². The second kappa shape index (κ2) is 5.53. The zero-order chi connectivity index (χ0) is 13.0. The Morgan fingerprint density at radius 2 is 2.39 bits per heavy atom. The SMILES string of the molecule is CC(CCCC(=O)O)Nc1nccc2occc12. The number of aromatic nitrogens is 1. The van der Waals surface area contributed by atoms with Crippen molar-refractivity contribution in [2.45, 2.75) is 32.2 Å². The maximum Gasteiger partial charge on any atom is 0.303 e. The first-order valence-corrected chi connectivity index (χ1v) is 5.97. The molecular formula is C13H16N2O3. The van der Waals surface area contributed by atoms with Crippen molar-refractivity contribution in [1.82, 2.24) is 4.98 Å². The van der Waals surface area contributed by atoms with Crippen LogP contribution in [0, 0.1) is 0 Å². The monoisotopic (exact) mass is 248 g/mol. The molecule has 0 aliphatic heterocycles. The first kappa shape index (κ1) is 12.4. The molecule has 2 aromatic rings. The van der Waals surface area contributed by atoms with E-state index in [1.54, 1.807) is 12.5 Å². The molecule has 0 radical (unpaired) electrons. The molecule has 0 aliphatic carbocycles. The molecule has 5 heteroatoms. The summed E-state index contributed by atoms with van der Waals surface area (Å²) >= 11 is 0. The van der Waals surface area contributed by atoms with Crippen LogP contribution in [0.25, 0.3) is 11.0 Å². The third-order valence-electron chi connectivity index (χ3n) is 2.79. The van der Waals surface area contributed by atoms with Crippen molar-refractivity contribution in [3.8, 4) is 0 Å². The number of pyridine rings is 1. The second-order valence-electron chi connectivity index (χ2n) is 4.32. The topological polar surface area (TPSA) is 75.4 Å². The van der Waals surface area contributed by atoms with Crippen molar-refractivity contribution in [2.24, 2.45) is 0 Å². The minimum Gasteiger partial charge on any atom is -0.481 e. The fourth-order valence-corrected chi connectivity index (χ4v) is 1.87. The highest BCUT2D eigenvalue weighted by molar-refractivity contribution is 5.87. The van der Waals surface area contributed by atoms with Gasteiger partial charge in [-0.05, 0) is 31.9 Å². The molecule has 5 nitrogen and oxygen atoms in total. The average molecular weight is 248 g/mol. The number of rotatable bonds is 6. The van der Waals surface area contributed by atoms with Gasteiger partial charge in [-0.25, -0.2) is 4.98 Å². The van der Waals surface area contributed by atoms with E-state index in [9.17, 15) is 4.79 Å². The van der Waals surface area contributed by atoms with Crippen molar-refractivity contribution in [3.05, 3.63) is 24.6 Å². The van der Waals surface area contributed by atoms with E-state index in [4.69, 9.17) is 9.52 Å². The molecule has 96 valence electrons. The molecule has 18 heavy (non-hydrogen) atoms. The third-order valence-corrected chi connectivity index (χ3v) is 2.79. The number of furan rings is 1. The standard InChI is InChI=1S/C13H16N2O3/c1-9(3-2-4-12(16)17)15-13-10-6-8-18-11(10)5-7-14-13/h5-9H,2-4H2,1H3,(H,14,15)(H,16,17). The maximum atomic E-state index is 10.4. The lowest BCUT2D eigenvalue weighted by atomic mass is 10.1. The van der Waals surface area contributed by atoms with Crippen LogP contribution in [0.5, 0.6) is 0 Å². The minimum absolute atomic E-state index is 0.178. The molecule has 0 fully saturated rings. The Labute approximate surface area is 105 Å². The molecule has 0 amide bonds. The summed E-state index contributed by atoms with van der Waals surface area (Å²) in [6.07, 6.45) is 4.98. The van der Waals surface area contributed by atoms with Gasteiger partial charge in [-0.1, -0.05) is 0 Å². The number of hydrogen-bond donors (Lipinski definition) is 2. The lowest BCUT2D eigenvalue weighted by Gasteiger charge is -2.14. The highest BCUT2D eigenvalue weighted by Crippen LogP contribution is 2.22. The Balaban J connectivity index is 1.96. The van der Waals surface area contributed by atoms with Crippen molar-refractivity contribution < 1.29 is 14.3 Å². The molecule has 1 unspecified atom stereocenters. The van der Waals surface area contributed by atoms with Crippen LogP contribution < -0.4 is 5.32 Å². The first-order chi connectivity index (χ1) is 8.66. The highest BCUT2D eigenvalue weighted by Gasteiger charge is 2.08. The van der Waals surface area contributed by atoms with Crippen LogP contribution in [0.3, 0.4) is 0 Å². The van der Waals surface area contributed by atoms with Crippen LogP contribution in [-0.2, 0) is 4.79 Å². The van der Waals surface area contributed by atoms with Gasteiger partial charge in [0.05, 0.1) is 11.6 Å². The van der Waals surface area contributed by atoms with E-state index in [-0.39, 0.29) is 12.5 Å². The fourth-order valence-electron chi connectivity index (χ4n) is 1.87. The Bertz CT molecular complexity index is 536. The highest BCUT2D eigenvalue weighted by atomic mass is 16.4. The van der Waals surface area contributed by atoms with Crippen LogP contribution in [0.15, 0.2) is 29.0 Å². The quantitative estimate of drug-likeness (QED) is 0.822. The number of hydrogen-bond acceptors (Lipinski definition) is 4.